The molecular formula is C11H9NS. The van der Waals surface area contributed by atoms with Gasteiger partial charge in [0.05, 0.1) is 5.51 Å². The third kappa shape index (κ3) is 2.26. The van der Waals surface area contributed by atoms with Crippen molar-refractivity contribution in [3.63, 3.8) is 0 Å². The molecular weight excluding hydrogens is 178 g/mol. The van der Waals surface area contributed by atoms with Gasteiger partial charge in [0.2, 0.25) is 0 Å². The van der Waals surface area contributed by atoms with Crippen LogP contribution in [0.15, 0.2) is 42.0 Å². The van der Waals surface area contributed by atoms with Gasteiger partial charge in [-0.1, -0.05) is 36.4 Å². The molecule has 13 heavy (non-hydrogen) atoms. The first-order valence-corrected chi connectivity index (χ1v) is 4.95. The van der Waals surface area contributed by atoms with Gasteiger partial charge in [0.15, 0.2) is 0 Å². The molecule has 0 N–H and O–H groups in total. The van der Waals surface area contributed by atoms with E-state index in [-0.39, 0.29) is 0 Å². The third-order valence-electron chi connectivity index (χ3n) is 1.69. The van der Waals surface area contributed by atoms with Crippen LogP contribution in [0.25, 0.3) is 12.2 Å². The first kappa shape index (κ1) is 8.20. The van der Waals surface area contributed by atoms with Crippen LogP contribution in [0.3, 0.4) is 0 Å². The molecule has 0 fully saturated rings. The second kappa shape index (κ2) is 4.01. The summed E-state index contributed by atoms with van der Waals surface area (Å²) in [6.45, 7) is 0. The topological polar surface area (TPSA) is 12.9 Å². The molecule has 0 saturated carbocycles. The van der Waals surface area contributed by atoms with E-state index in [9.17, 15) is 0 Å². The summed E-state index contributed by atoms with van der Waals surface area (Å²) in [5.74, 6) is 0. The summed E-state index contributed by atoms with van der Waals surface area (Å²) < 4.78 is 0. The summed E-state index contributed by atoms with van der Waals surface area (Å²) in [7, 11) is 0. The Bertz CT molecular complexity index is 376. The minimum Gasteiger partial charge on any atom is -0.253 e. The van der Waals surface area contributed by atoms with Crippen LogP contribution in [-0.4, -0.2) is 4.98 Å². The number of aromatic nitrogens is 1. The molecule has 0 amide bonds. The Kier molecular flexibility index (Phi) is 2.53. The van der Waals surface area contributed by atoms with Crippen molar-refractivity contribution in [3.05, 3.63) is 52.5 Å². The van der Waals surface area contributed by atoms with E-state index >= 15 is 0 Å². The number of hydrogen-bond donors (Lipinski definition) is 0. The SMILES string of the molecule is C(=Cc1cncs1)c1ccccc1. The van der Waals surface area contributed by atoms with E-state index in [1.165, 1.54) is 10.4 Å². The van der Waals surface area contributed by atoms with Gasteiger partial charge < -0.3 is 0 Å². The van der Waals surface area contributed by atoms with Crippen molar-refractivity contribution in [2.45, 2.75) is 0 Å². The van der Waals surface area contributed by atoms with Crippen molar-refractivity contribution in [2.24, 2.45) is 0 Å². The second-order valence-electron chi connectivity index (χ2n) is 2.65. The highest BCUT2D eigenvalue weighted by Gasteiger charge is 1.86. The Labute approximate surface area is 81.4 Å². The average molecular weight is 187 g/mol. The zero-order valence-corrected chi connectivity index (χ0v) is 7.87. The molecule has 64 valence electrons. The number of thiazole rings is 1. The zero-order chi connectivity index (χ0) is 8.93. The number of hydrogen-bond acceptors (Lipinski definition) is 2. The van der Waals surface area contributed by atoms with E-state index in [0.29, 0.717) is 0 Å². The van der Waals surface area contributed by atoms with E-state index in [4.69, 9.17) is 0 Å². The lowest BCUT2D eigenvalue weighted by atomic mass is 10.2. The summed E-state index contributed by atoms with van der Waals surface area (Å²) in [6.07, 6.45) is 6.03. The highest BCUT2D eigenvalue weighted by molar-refractivity contribution is 7.10. The fourth-order valence-electron chi connectivity index (χ4n) is 1.05. The smallest absolute Gasteiger partial charge is 0.0797 e. The van der Waals surface area contributed by atoms with Gasteiger partial charge in [-0.15, -0.1) is 11.3 Å². The van der Waals surface area contributed by atoms with E-state index in [0.717, 1.165) is 0 Å². The Morgan fingerprint density at radius 2 is 1.92 bits per heavy atom. The maximum atomic E-state index is 4.00. The van der Waals surface area contributed by atoms with Crippen molar-refractivity contribution < 1.29 is 0 Å². The minimum atomic E-state index is 1.18. The van der Waals surface area contributed by atoms with Crippen LogP contribution in [0.2, 0.25) is 0 Å². The molecule has 0 aliphatic heterocycles. The van der Waals surface area contributed by atoms with Gasteiger partial charge in [0, 0.05) is 11.1 Å². The van der Waals surface area contributed by atoms with Gasteiger partial charge in [0.1, 0.15) is 0 Å². The van der Waals surface area contributed by atoms with Gasteiger partial charge in [-0.3, -0.25) is 4.98 Å². The van der Waals surface area contributed by atoms with Gasteiger partial charge in [-0.2, -0.15) is 0 Å². The molecule has 0 bridgehead atoms. The van der Waals surface area contributed by atoms with Crippen molar-refractivity contribution in [1.29, 1.82) is 0 Å². The highest BCUT2D eigenvalue weighted by Crippen LogP contribution is 2.10. The largest absolute Gasteiger partial charge is 0.253 e. The molecule has 0 aliphatic rings. The van der Waals surface area contributed by atoms with Crippen LogP contribution in [-0.2, 0) is 0 Å². The van der Waals surface area contributed by atoms with Crippen LogP contribution < -0.4 is 0 Å². The quantitative estimate of drug-likeness (QED) is 0.702. The zero-order valence-electron chi connectivity index (χ0n) is 7.05. The van der Waals surface area contributed by atoms with Crippen molar-refractivity contribution in [2.75, 3.05) is 0 Å². The summed E-state index contributed by atoms with van der Waals surface area (Å²) >= 11 is 1.64. The molecule has 1 aromatic heterocycles. The molecule has 0 spiro atoms. The van der Waals surface area contributed by atoms with Crippen molar-refractivity contribution in [1.82, 2.24) is 4.98 Å². The van der Waals surface area contributed by atoms with E-state index in [1.807, 2.05) is 29.9 Å². The van der Waals surface area contributed by atoms with Gasteiger partial charge in [0.25, 0.3) is 0 Å². The lowest BCUT2D eigenvalue weighted by molar-refractivity contribution is 1.42. The maximum Gasteiger partial charge on any atom is 0.0797 e. The third-order valence-corrected chi connectivity index (χ3v) is 2.43. The minimum absolute atomic E-state index is 1.18. The van der Waals surface area contributed by atoms with Crippen LogP contribution in [0, 0.1) is 0 Å². The van der Waals surface area contributed by atoms with Crippen molar-refractivity contribution >= 4 is 23.5 Å². The molecule has 2 aromatic rings. The molecule has 1 heterocycles. The van der Waals surface area contributed by atoms with E-state index in [2.05, 4.69) is 29.3 Å². The number of nitrogens with zero attached hydrogens (tertiary/aromatic N) is 1. The molecule has 0 atom stereocenters. The molecule has 1 nitrogen and oxygen atoms in total. The van der Waals surface area contributed by atoms with Crippen molar-refractivity contribution in [3.8, 4) is 0 Å². The number of benzene rings is 1. The monoisotopic (exact) mass is 187 g/mol. The standard InChI is InChI=1S/C11H9NS/c1-2-4-10(5-3-1)6-7-11-8-12-9-13-11/h1-9H. The maximum absolute atomic E-state index is 4.00. The van der Waals surface area contributed by atoms with Crippen LogP contribution in [0.4, 0.5) is 0 Å². The normalized spacial score (nSPS) is 10.8. The summed E-state index contributed by atoms with van der Waals surface area (Å²) in [5.41, 5.74) is 3.06. The summed E-state index contributed by atoms with van der Waals surface area (Å²) in [4.78, 5) is 5.19. The highest BCUT2D eigenvalue weighted by atomic mass is 32.1. The van der Waals surface area contributed by atoms with Crippen LogP contribution >= 0.6 is 11.3 Å². The molecule has 2 rings (SSSR count). The Hall–Kier alpha value is -1.41. The molecule has 1 aromatic carbocycles. The van der Waals surface area contributed by atoms with Crippen LogP contribution in [0.1, 0.15) is 10.4 Å². The van der Waals surface area contributed by atoms with Gasteiger partial charge >= 0.3 is 0 Å². The average Bonchev–Trinajstić information content (AvgIpc) is 2.69. The first-order chi connectivity index (χ1) is 6.45. The van der Waals surface area contributed by atoms with Crippen LogP contribution in [0.5, 0.6) is 0 Å². The predicted molar refractivity (Wildman–Crippen MR) is 57.5 cm³/mol. The number of rotatable bonds is 2. The lowest BCUT2D eigenvalue weighted by Crippen LogP contribution is -1.67. The Morgan fingerprint density at radius 3 is 2.62 bits per heavy atom. The predicted octanol–water partition coefficient (Wildman–Crippen LogP) is 3.31. The molecule has 0 saturated heterocycles. The fraction of sp³-hybridized carbons (Fsp3) is 0. The fourth-order valence-corrected chi connectivity index (χ4v) is 1.56. The van der Waals surface area contributed by atoms with E-state index < -0.39 is 0 Å². The van der Waals surface area contributed by atoms with Gasteiger partial charge in [-0.05, 0) is 11.6 Å². The summed E-state index contributed by atoms with van der Waals surface area (Å²) in [5, 5.41) is 0. The summed E-state index contributed by atoms with van der Waals surface area (Å²) in [6, 6.07) is 10.2. The Morgan fingerprint density at radius 1 is 1.08 bits per heavy atom. The lowest BCUT2D eigenvalue weighted by Gasteiger charge is -1.89. The Balaban J connectivity index is 2.15. The first-order valence-electron chi connectivity index (χ1n) is 4.07. The molecule has 0 unspecified atom stereocenters. The molecule has 2 heteroatoms. The second-order valence-corrected chi connectivity index (χ2v) is 3.57. The van der Waals surface area contributed by atoms with Gasteiger partial charge in [-0.25, -0.2) is 0 Å². The molecule has 0 radical (unpaired) electrons. The van der Waals surface area contributed by atoms with E-state index in [1.54, 1.807) is 11.3 Å². The molecule has 0 aliphatic carbocycles.